The van der Waals surface area contributed by atoms with Gasteiger partial charge >= 0.3 is 0 Å². The number of carbonyl (C=O) groups excluding carboxylic acids is 1. The number of carbonyl (C=O) groups is 1. The van der Waals surface area contributed by atoms with Gasteiger partial charge in [-0.15, -0.1) is 0 Å². The number of hydrogen-bond donors (Lipinski definition) is 0. The topological polar surface area (TPSA) is 35.5 Å². The predicted molar refractivity (Wildman–Crippen MR) is 83.5 cm³/mol. The van der Waals surface area contributed by atoms with E-state index in [1.54, 1.807) is 0 Å². The quantitative estimate of drug-likeness (QED) is 0.389. The fourth-order valence-electron chi connectivity index (χ4n) is 1.64. The molecule has 0 amide bonds. The molecule has 0 radical (unpaired) electrons. The van der Waals surface area contributed by atoms with E-state index < -0.39 is 0 Å². The zero-order valence-corrected chi connectivity index (χ0v) is 14.9. The molecule has 3 nitrogen and oxygen atoms in total. The maximum atomic E-state index is 11.7. The van der Waals surface area contributed by atoms with Crippen molar-refractivity contribution in [3.05, 3.63) is 0 Å². The first-order valence-electron chi connectivity index (χ1n) is 6.34. The third-order valence-electron chi connectivity index (χ3n) is 2.17. The maximum Gasteiger partial charge on any atom is 0.150 e. The molecule has 0 aliphatic heterocycles. The van der Waals surface area contributed by atoms with Crippen LogP contribution in [0.15, 0.2) is 0 Å². The van der Waals surface area contributed by atoms with E-state index in [2.05, 4.69) is 22.6 Å². The molecular weight excluding hydrogens is 343 g/mol. The van der Waals surface area contributed by atoms with E-state index in [1.165, 1.54) is 0 Å². The normalized spacial score (nSPS) is 13.8. The van der Waals surface area contributed by atoms with Gasteiger partial charge in [0, 0.05) is 6.42 Å². The van der Waals surface area contributed by atoms with Gasteiger partial charge in [0.2, 0.25) is 0 Å². The molecule has 0 atom stereocenters. The molecule has 0 fully saturated rings. The molecule has 0 spiro atoms. The molecule has 0 unspecified atom stereocenters. The van der Waals surface area contributed by atoms with Gasteiger partial charge in [-0.2, -0.15) is 0 Å². The summed E-state index contributed by atoms with van der Waals surface area (Å²) < 4.78 is 11.1. The van der Waals surface area contributed by atoms with Gasteiger partial charge in [0.25, 0.3) is 0 Å². The summed E-state index contributed by atoms with van der Waals surface area (Å²) in [6.45, 7) is 14.9. The summed E-state index contributed by atoms with van der Waals surface area (Å²) in [5.74, 6) is 0.220. The van der Waals surface area contributed by atoms with Crippen molar-refractivity contribution in [1.29, 1.82) is 0 Å². The Hall–Kier alpha value is 0.320. The first-order valence-corrected chi connectivity index (χ1v) is 7.41. The summed E-state index contributed by atoms with van der Waals surface area (Å²) in [6.07, 6.45) is 0.460. The fraction of sp³-hybridized carbons (Fsp3) is 0.929. The van der Waals surface area contributed by atoms with Crippen molar-refractivity contribution in [2.45, 2.75) is 69.5 Å². The van der Waals surface area contributed by atoms with Crippen molar-refractivity contribution in [2.24, 2.45) is 0 Å². The Morgan fingerprint density at radius 2 is 1.56 bits per heavy atom. The number of alkyl halides is 1. The van der Waals surface area contributed by atoms with E-state index in [-0.39, 0.29) is 20.4 Å². The zero-order chi connectivity index (χ0) is 14.6. The monoisotopic (exact) mass is 370 g/mol. The minimum Gasteiger partial charge on any atom is -0.378 e. The molecule has 0 aromatic carbocycles. The molecule has 4 heteroatoms. The van der Waals surface area contributed by atoms with Crippen LogP contribution in [0.25, 0.3) is 0 Å². The summed E-state index contributed by atoms with van der Waals surface area (Å²) in [5, 5.41) is 0. The second-order valence-corrected chi connectivity index (χ2v) is 9.37. The fourth-order valence-corrected chi connectivity index (χ4v) is 1.91. The highest BCUT2D eigenvalue weighted by atomic mass is 127. The Labute approximate surface area is 125 Å². The lowest BCUT2D eigenvalue weighted by molar-refractivity contribution is -0.145. The summed E-state index contributed by atoms with van der Waals surface area (Å²) in [5.41, 5.74) is -0.520. The standard InChI is InChI=1S/C14H27IO3/c1-12(2,3)18-13(4,5)10-17-9-8-11(16)14(6,7)15/h8-10H2,1-7H3. The second kappa shape index (κ2) is 6.66. The molecule has 0 aliphatic rings. The molecule has 0 aliphatic carbocycles. The number of ketones is 1. The highest BCUT2D eigenvalue weighted by Crippen LogP contribution is 2.21. The predicted octanol–water partition coefficient (Wildman–Crippen LogP) is 3.77. The zero-order valence-electron chi connectivity index (χ0n) is 12.7. The van der Waals surface area contributed by atoms with Crippen LogP contribution in [-0.4, -0.2) is 33.6 Å². The largest absolute Gasteiger partial charge is 0.378 e. The average Bonchev–Trinajstić information content (AvgIpc) is 2.06. The van der Waals surface area contributed by atoms with Crippen LogP contribution in [-0.2, 0) is 14.3 Å². The molecule has 0 aromatic heterocycles. The minimum atomic E-state index is -0.332. The molecule has 0 heterocycles. The lowest BCUT2D eigenvalue weighted by Gasteiger charge is -2.33. The maximum absolute atomic E-state index is 11.7. The van der Waals surface area contributed by atoms with Gasteiger partial charge in [-0.3, -0.25) is 4.79 Å². The van der Waals surface area contributed by atoms with E-state index in [1.807, 2.05) is 48.5 Å². The molecule has 0 rings (SSSR count). The smallest absolute Gasteiger partial charge is 0.150 e. The average molecular weight is 370 g/mol. The van der Waals surface area contributed by atoms with E-state index in [0.29, 0.717) is 19.6 Å². The van der Waals surface area contributed by atoms with Crippen LogP contribution in [0, 0.1) is 0 Å². The Bertz CT molecular complexity index is 272. The van der Waals surface area contributed by atoms with E-state index in [4.69, 9.17) is 9.47 Å². The van der Waals surface area contributed by atoms with Crippen molar-refractivity contribution in [3.63, 3.8) is 0 Å². The molecule has 108 valence electrons. The SMILES string of the molecule is CC(C)(C)OC(C)(C)COCCC(=O)C(C)(C)I. The van der Waals surface area contributed by atoms with Gasteiger partial charge < -0.3 is 9.47 Å². The number of ether oxygens (including phenoxy) is 2. The number of hydrogen-bond acceptors (Lipinski definition) is 3. The molecule has 0 aromatic rings. The van der Waals surface area contributed by atoms with Gasteiger partial charge in [-0.25, -0.2) is 0 Å². The van der Waals surface area contributed by atoms with Crippen molar-refractivity contribution in [2.75, 3.05) is 13.2 Å². The van der Waals surface area contributed by atoms with Crippen molar-refractivity contribution >= 4 is 28.4 Å². The number of rotatable bonds is 7. The van der Waals surface area contributed by atoms with E-state index in [9.17, 15) is 4.79 Å². The van der Waals surface area contributed by atoms with Crippen molar-refractivity contribution < 1.29 is 14.3 Å². The van der Waals surface area contributed by atoms with Gasteiger partial charge in [-0.1, -0.05) is 22.6 Å². The third kappa shape index (κ3) is 9.28. The van der Waals surface area contributed by atoms with Crippen LogP contribution in [0.3, 0.4) is 0 Å². The van der Waals surface area contributed by atoms with Crippen LogP contribution in [0.4, 0.5) is 0 Å². The summed E-state index contributed by atoms with van der Waals surface area (Å²) in [7, 11) is 0. The Morgan fingerprint density at radius 3 is 1.94 bits per heavy atom. The number of Topliss-reactive ketones (excluding diaryl/α,β-unsaturated/α-hetero) is 1. The lowest BCUT2D eigenvalue weighted by atomic mass is 10.1. The van der Waals surface area contributed by atoms with Gasteiger partial charge in [0.15, 0.2) is 0 Å². The number of halogens is 1. The Balaban J connectivity index is 3.95. The van der Waals surface area contributed by atoms with Gasteiger partial charge in [-0.05, 0) is 48.5 Å². The van der Waals surface area contributed by atoms with Crippen LogP contribution < -0.4 is 0 Å². The van der Waals surface area contributed by atoms with E-state index >= 15 is 0 Å². The highest BCUT2D eigenvalue weighted by Gasteiger charge is 2.27. The Morgan fingerprint density at radius 1 is 1.06 bits per heavy atom. The second-order valence-electron chi connectivity index (χ2n) is 6.67. The van der Waals surface area contributed by atoms with Crippen LogP contribution in [0.5, 0.6) is 0 Å². The van der Waals surface area contributed by atoms with Crippen LogP contribution >= 0.6 is 22.6 Å². The summed E-state index contributed by atoms with van der Waals surface area (Å²) in [4.78, 5) is 11.7. The molecule has 0 N–H and O–H groups in total. The van der Waals surface area contributed by atoms with Crippen molar-refractivity contribution in [1.82, 2.24) is 0 Å². The lowest BCUT2D eigenvalue weighted by Crippen LogP contribution is -2.39. The molecular formula is C14H27IO3. The first-order chi connectivity index (χ1) is 7.83. The Kier molecular flexibility index (Phi) is 6.78. The molecule has 18 heavy (non-hydrogen) atoms. The summed E-state index contributed by atoms with van der Waals surface area (Å²) in [6, 6.07) is 0. The molecule has 0 bridgehead atoms. The van der Waals surface area contributed by atoms with Gasteiger partial charge in [0.05, 0.1) is 27.8 Å². The molecule has 0 saturated carbocycles. The summed E-state index contributed by atoms with van der Waals surface area (Å²) >= 11 is 2.16. The third-order valence-corrected chi connectivity index (χ3v) is 2.77. The molecule has 0 saturated heterocycles. The highest BCUT2D eigenvalue weighted by molar-refractivity contribution is 14.1. The first kappa shape index (κ1) is 18.3. The van der Waals surface area contributed by atoms with Crippen LogP contribution in [0.1, 0.15) is 54.9 Å². The van der Waals surface area contributed by atoms with Crippen molar-refractivity contribution in [3.8, 4) is 0 Å². The van der Waals surface area contributed by atoms with Crippen LogP contribution in [0.2, 0.25) is 0 Å². The minimum absolute atomic E-state index is 0.188. The van der Waals surface area contributed by atoms with E-state index in [0.717, 1.165) is 0 Å². The van der Waals surface area contributed by atoms with Gasteiger partial charge in [0.1, 0.15) is 5.78 Å².